The highest BCUT2D eigenvalue weighted by atomic mass is 15.2. The van der Waals surface area contributed by atoms with Gasteiger partial charge >= 0.3 is 0 Å². The van der Waals surface area contributed by atoms with E-state index < -0.39 is 0 Å². The zero-order valence-electron chi connectivity index (χ0n) is 23.3. The van der Waals surface area contributed by atoms with Crippen LogP contribution in [0.1, 0.15) is 25.0 Å². The van der Waals surface area contributed by atoms with Gasteiger partial charge in [-0.1, -0.05) is 116 Å². The summed E-state index contributed by atoms with van der Waals surface area (Å²) in [4.78, 5) is 15.1. The Morgan fingerprint density at radius 2 is 1.17 bits per heavy atom. The molecule has 0 spiro atoms. The van der Waals surface area contributed by atoms with Crippen LogP contribution in [0, 0.1) is 0 Å². The van der Waals surface area contributed by atoms with Crippen molar-refractivity contribution >= 4 is 35.1 Å². The van der Waals surface area contributed by atoms with Gasteiger partial charge in [0.05, 0.1) is 11.0 Å². The Balaban J connectivity index is 1.47. The molecule has 0 aliphatic heterocycles. The predicted molar refractivity (Wildman–Crippen MR) is 171 cm³/mol. The van der Waals surface area contributed by atoms with Gasteiger partial charge in [-0.15, -0.1) is 0 Å². The minimum Gasteiger partial charge on any atom is -0.278 e. The Morgan fingerprint density at radius 1 is 0.561 bits per heavy atom. The molecule has 4 nitrogen and oxygen atoms in total. The summed E-state index contributed by atoms with van der Waals surface area (Å²) < 4.78 is 2.23. The molecule has 5 heteroatoms. The standard InChI is InChI=1S/C36H27BN4/c1-36(2)29-16-10-9-15-25(29)26-20-28-27-19-24(37)17-18-31(27)41(32(28)21-30(26)36)35-39-33(22-11-5-3-6-12-22)38-34(40-35)23-13-7-4-8-14-23/h3-21H,37H2,1-2H3. The van der Waals surface area contributed by atoms with Gasteiger partial charge in [-0.2, -0.15) is 9.97 Å². The lowest BCUT2D eigenvalue weighted by Crippen LogP contribution is -2.15. The third-order valence-electron chi connectivity index (χ3n) is 8.51. The van der Waals surface area contributed by atoms with Crippen LogP contribution in [0.15, 0.2) is 115 Å². The lowest BCUT2D eigenvalue weighted by atomic mass is 9.82. The molecule has 2 aromatic heterocycles. The van der Waals surface area contributed by atoms with Crippen LogP contribution in [0.5, 0.6) is 0 Å². The van der Waals surface area contributed by atoms with Crippen molar-refractivity contribution in [2.24, 2.45) is 0 Å². The van der Waals surface area contributed by atoms with Crippen LogP contribution < -0.4 is 5.46 Å². The summed E-state index contributed by atoms with van der Waals surface area (Å²) in [6.07, 6.45) is 0. The van der Waals surface area contributed by atoms with Gasteiger partial charge < -0.3 is 0 Å². The van der Waals surface area contributed by atoms with Crippen molar-refractivity contribution in [3.8, 4) is 39.9 Å². The average Bonchev–Trinajstić information content (AvgIpc) is 3.45. The van der Waals surface area contributed by atoms with E-state index in [0.717, 1.165) is 22.2 Å². The molecule has 1 aliphatic rings. The first-order valence-electron chi connectivity index (χ1n) is 14.1. The normalized spacial score (nSPS) is 13.4. The van der Waals surface area contributed by atoms with E-state index in [0.29, 0.717) is 17.6 Å². The van der Waals surface area contributed by atoms with Crippen LogP contribution in [-0.2, 0) is 5.41 Å². The summed E-state index contributed by atoms with van der Waals surface area (Å²) in [7, 11) is 2.15. The smallest absolute Gasteiger partial charge is 0.238 e. The average molecular weight is 526 g/mol. The van der Waals surface area contributed by atoms with Gasteiger partial charge in [-0.05, 0) is 40.5 Å². The molecular formula is C36H27BN4. The van der Waals surface area contributed by atoms with Gasteiger partial charge in [-0.3, -0.25) is 4.57 Å². The zero-order chi connectivity index (χ0) is 27.7. The third kappa shape index (κ3) is 3.59. The first kappa shape index (κ1) is 23.8. The Bertz CT molecular complexity index is 2070. The Labute approximate surface area is 239 Å². The number of hydrogen-bond acceptors (Lipinski definition) is 3. The van der Waals surface area contributed by atoms with E-state index in [1.54, 1.807) is 0 Å². The minimum atomic E-state index is -0.110. The number of benzene rings is 5. The molecule has 0 unspecified atom stereocenters. The van der Waals surface area contributed by atoms with Crippen molar-refractivity contribution in [1.82, 2.24) is 19.5 Å². The first-order valence-corrected chi connectivity index (χ1v) is 14.1. The fourth-order valence-corrected chi connectivity index (χ4v) is 6.44. The van der Waals surface area contributed by atoms with Crippen LogP contribution in [0.2, 0.25) is 0 Å². The van der Waals surface area contributed by atoms with Crippen molar-refractivity contribution in [3.63, 3.8) is 0 Å². The maximum atomic E-state index is 5.10. The second kappa shape index (κ2) is 8.74. The molecule has 0 radical (unpaired) electrons. The fourth-order valence-electron chi connectivity index (χ4n) is 6.44. The van der Waals surface area contributed by atoms with Crippen molar-refractivity contribution in [2.75, 3.05) is 0 Å². The Hall–Kier alpha value is -5.03. The molecular weight excluding hydrogens is 499 g/mol. The van der Waals surface area contributed by atoms with Crippen molar-refractivity contribution in [1.29, 1.82) is 0 Å². The largest absolute Gasteiger partial charge is 0.278 e. The lowest BCUT2D eigenvalue weighted by molar-refractivity contribution is 0.661. The van der Waals surface area contributed by atoms with E-state index in [2.05, 4.69) is 105 Å². The van der Waals surface area contributed by atoms with E-state index >= 15 is 0 Å². The second-order valence-electron chi connectivity index (χ2n) is 11.5. The Morgan fingerprint density at radius 3 is 1.85 bits per heavy atom. The summed E-state index contributed by atoms with van der Waals surface area (Å²) in [5.74, 6) is 1.94. The zero-order valence-corrected chi connectivity index (χ0v) is 23.3. The van der Waals surface area contributed by atoms with E-state index in [9.17, 15) is 0 Å². The maximum Gasteiger partial charge on any atom is 0.238 e. The molecule has 2 heterocycles. The molecule has 8 rings (SSSR count). The minimum absolute atomic E-state index is 0.110. The van der Waals surface area contributed by atoms with Gasteiger partial charge in [0.25, 0.3) is 0 Å². The van der Waals surface area contributed by atoms with Gasteiger partial charge in [-0.25, -0.2) is 4.98 Å². The molecule has 0 N–H and O–H groups in total. The summed E-state index contributed by atoms with van der Waals surface area (Å²) >= 11 is 0. The monoisotopic (exact) mass is 526 g/mol. The number of aromatic nitrogens is 4. The second-order valence-corrected chi connectivity index (χ2v) is 11.5. The van der Waals surface area contributed by atoms with Gasteiger partial charge in [0, 0.05) is 27.3 Å². The number of rotatable bonds is 3. The van der Waals surface area contributed by atoms with Gasteiger partial charge in [0.1, 0.15) is 7.85 Å². The number of hydrogen-bond donors (Lipinski definition) is 0. The van der Waals surface area contributed by atoms with E-state index in [-0.39, 0.29) is 5.41 Å². The highest BCUT2D eigenvalue weighted by Crippen LogP contribution is 2.50. The van der Waals surface area contributed by atoms with Gasteiger partial charge in [0.2, 0.25) is 5.95 Å². The molecule has 0 atom stereocenters. The molecule has 7 aromatic rings. The van der Waals surface area contributed by atoms with Crippen molar-refractivity contribution in [2.45, 2.75) is 19.3 Å². The SMILES string of the molecule is Bc1ccc2c(c1)c1cc3c(cc1n2-c1nc(-c2ccccc2)nc(-c2ccccc2)n1)C(C)(C)c1ccccc1-3. The molecule has 0 bridgehead atoms. The van der Waals surface area contributed by atoms with E-state index in [1.807, 2.05) is 36.4 Å². The third-order valence-corrected chi connectivity index (χ3v) is 8.51. The lowest BCUT2D eigenvalue weighted by Gasteiger charge is -2.21. The number of fused-ring (bicyclic) bond motifs is 6. The summed E-state index contributed by atoms with van der Waals surface area (Å²) in [6.45, 7) is 4.65. The topological polar surface area (TPSA) is 43.6 Å². The van der Waals surface area contributed by atoms with Crippen molar-refractivity contribution in [3.05, 3.63) is 126 Å². The van der Waals surface area contributed by atoms with Crippen LogP contribution in [0.25, 0.3) is 61.7 Å². The summed E-state index contributed by atoms with van der Waals surface area (Å²) in [5, 5.41) is 2.41. The van der Waals surface area contributed by atoms with E-state index in [4.69, 9.17) is 15.0 Å². The van der Waals surface area contributed by atoms with Gasteiger partial charge in [0.15, 0.2) is 11.6 Å². The first-order chi connectivity index (χ1) is 20.0. The predicted octanol–water partition coefficient (Wildman–Crippen LogP) is 6.87. The molecule has 41 heavy (non-hydrogen) atoms. The molecule has 194 valence electrons. The van der Waals surface area contributed by atoms with Crippen LogP contribution in [-0.4, -0.2) is 27.4 Å². The van der Waals surface area contributed by atoms with Crippen LogP contribution in [0.4, 0.5) is 0 Å². The highest BCUT2D eigenvalue weighted by Gasteiger charge is 2.36. The molecule has 0 amide bonds. The van der Waals surface area contributed by atoms with E-state index in [1.165, 1.54) is 38.5 Å². The molecule has 1 aliphatic carbocycles. The molecule has 0 saturated carbocycles. The molecule has 5 aromatic carbocycles. The molecule has 0 saturated heterocycles. The fraction of sp³-hybridized carbons (Fsp3) is 0.0833. The van der Waals surface area contributed by atoms with Crippen LogP contribution in [0.3, 0.4) is 0 Å². The number of nitrogens with zero attached hydrogens (tertiary/aromatic N) is 4. The summed E-state index contributed by atoms with van der Waals surface area (Å²) in [6, 6.07) is 40.5. The summed E-state index contributed by atoms with van der Waals surface area (Å²) in [5.41, 5.74) is 10.6. The Kier molecular flexibility index (Phi) is 5.08. The quantitative estimate of drug-likeness (QED) is 0.236. The molecule has 0 fully saturated rings. The highest BCUT2D eigenvalue weighted by molar-refractivity contribution is 6.34. The maximum absolute atomic E-state index is 5.10. The van der Waals surface area contributed by atoms with Crippen LogP contribution >= 0.6 is 0 Å². The van der Waals surface area contributed by atoms with Crippen molar-refractivity contribution < 1.29 is 0 Å².